The van der Waals surface area contributed by atoms with Gasteiger partial charge in [0.05, 0.1) is 18.4 Å². The molecule has 0 amide bonds. The van der Waals surface area contributed by atoms with Crippen LogP contribution in [-0.4, -0.2) is 35.9 Å². The van der Waals surface area contributed by atoms with Crippen LogP contribution in [0.25, 0.3) is 22.5 Å². The molecule has 5 heterocycles. The number of hydrogen-bond acceptors (Lipinski definition) is 5. The highest BCUT2D eigenvalue weighted by Gasteiger charge is 2.30. The lowest BCUT2D eigenvalue weighted by atomic mass is 10.0. The number of halogens is 3. The van der Waals surface area contributed by atoms with E-state index in [1.807, 2.05) is 11.0 Å². The lowest BCUT2D eigenvalue weighted by Gasteiger charge is -2.26. The number of benzene rings is 1. The van der Waals surface area contributed by atoms with Gasteiger partial charge < -0.3 is 4.90 Å². The summed E-state index contributed by atoms with van der Waals surface area (Å²) in [6, 6.07) is 7.99. The van der Waals surface area contributed by atoms with E-state index in [0.717, 1.165) is 23.6 Å². The molecule has 1 fully saturated rings. The van der Waals surface area contributed by atoms with E-state index in [2.05, 4.69) is 15.2 Å². The molecular weight excluding hydrogens is 443 g/mol. The minimum Gasteiger partial charge on any atom is -0.349 e. The Labute approximate surface area is 192 Å². The van der Waals surface area contributed by atoms with E-state index < -0.39 is 17.6 Å². The first kappa shape index (κ1) is 20.4. The molecule has 10 heteroatoms. The Bertz CT molecular complexity index is 1490. The van der Waals surface area contributed by atoms with Gasteiger partial charge in [0.1, 0.15) is 23.1 Å². The molecule has 1 aliphatic heterocycles. The summed E-state index contributed by atoms with van der Waals surface area (Å²) in [7, 11) is 0. The van der Waals surface area contributed by atoms with Gasteiger partial charge in [0, 0.05) is 41.8 Å². The molecule has 0 N–H and O–H groups in total. The zero-order chi connectivity index (χ0) is 23.2. The Morgan fingerprint density at radius 1 is 0.912 bits per heavy atom. The molecule has 34 heavy (non-hydrogen) atoms. The Hall–Kier alpha value is -4.21. The minimum atomic E-state index is -0.547. The summed E-state index contributed by atoms with van der Waals surface area (Å²) < 4.78 is 44.8. The largest absolute Gasteiger partial charge is 0.349 e. The third kappa shape index (κ3) is 3.47. The van der Waals surface area contributed by atoms with E-state index in [-0.39, 0.29) is 6.04 Å². The van der Waals surface area contributed by atoms with Crippen LogP contribution in [-0.2, 0) is 0 Å². The fraction of sp³-hybridized carbons (Fsp3) is 0.167. The Kier molecular flexibility index (Phi) is 4.79. The molecule has 1 aromatic carbocycles. The predicted molar refractivity (Wildman–Crippen MR) is 119 cm³/mol. The second-order valence-electron chi connectivity index (χ2n) is 8.14. The smallest absolute Gasteiger partial charge is 0.212 e. The van der Waals surface area contributed by atoms with Crippen molar-refractivity contribution in [3.05, 3.63) is 90.5 Å². The van der Waals surface area contributed by atoms with Gasteiger partial charge in [0.2, 0.25) is 5.95 Å². The Morgan fingerprint density at radius 2 is 1.82 bits per heavy atom. The normalized spacial score (nSPS) is 16.0. The van der Waals surface area contributed by atoms with Crippen molar-refractivity contribution in [3.8, 4) is 16.8 Å². The van der Waals surface area contributed by atoms with E-state index in [1.54, 1.807) is 40.1 Å². The summed E-state index contributed by atoms with van der Waals surface area (Å²) in [5, 5.41) is 8.78. The number of pyridine rings is 1. The average molecular weight is 461 g/mol. The van der Waals surface area contributed by atoms with Crippen molar-refractivity contribution in [2.45, 2.75) is 18.9 Å². The quantitative estimate of drug-likeness (QED) is 0.362. The maximum atomic E-state index is 14.5. The first-order valence-corrected chi connectivity index (χ1v) is 10.8. The highest BCUT2D eigenvalue weighted by molar-refractivity contribution is 5.65. The van der Waals surface area contributed by atoms with Crippen LogP contribution in [0, 0.1) is 17.6 Å². The SMILES string of the molecule is Fc1ccc(F)c([C@@H]2CCCN2c2ccn3ncc(-n4cc(-c5ccc(F)nc5)cn4)c3n2)c1. The van der Waals surface area contributed by atoms with Crippen molar-refractivity contribution in [1.82, 2.24) is 29.4 Å². The molecule has 0 bridgehead atoms. The molecule has 6 rings (SSSR count). The van der Waals surface area contributed by atoms with Crippen molar-refractivity contribution in [2.75, 3.05) is 11.4 Å². The number of rotatable bonds is 4. The van der Waals surface area contributed by atoms with Gasteiger partial charge in [-0.2, -0.15) is 14.6 Å². The van der Waals surface area contributed by atoms with Gasteiger partial charge in [-0.25, -0.2) is 27.9 Å². The highest BCUT2D eigenvalue weighted by atomic mass is 19.1. The maximum absolute atomic E-state index is 14.5. The van der Waals surface area contributed by atoms with E-state index in [1.165, 1.54) is 24.4 Å². The Morgan fingerprint density at radius 3 is 2.68 bits per heavy atom. The van der Waals surface area contributed by atoms with E-state index in [4.69, 9.17) is 4.98 Å². The van der Waals surface area contributed by atoms with Crippen LogP contribution in [0.2, 0.25) is 0 Å². The number of nitrogens with zero attached hydrogens (tertiary/aromatic N) is 7. The molecular formula is C24H18F3N7. The van der Waals surface area contributed by atoms with Gasteiger partial charge in [-0.3, -0.25) is 0 Å². The van der Waals surface area contributed by atoms with Gasteiger partial charge in [0.25, 0.3) is 0 Å². The molecule has 4 aromatic heterocycles. The van der Waals surface area contributed by atoms with Crippen LogP contribution in [0.3, 0.4) is 0 Å². The van der Waals surface area contributed by atoms with Gasteiger partial charge in [-0.05, 0) is 49.2 Å². The second kappa shape index (κ2) is 7.98. The van der Waals surface area contributed by atoms with Gasteiger partial charge >= 0.3 is 0 Å². The third-order valence-corrected chi connectivity index (χ3v) is 6.09. The van der Waals surface area contributed by atoms with Gasteiger partial charge in [-0.1, -0.05) is 0 Å². The van der Waals surface area contributed by atoms with Crippen LogP contribution in [0.5, 0.6) is 0 Å². The zero-order valence-corrected chi connectivity index (χ0v) is 17.8. The van der Waals surface area contributed by atoms with Crippen LogP contribution >= 0.6 is 0 Å². The van der Waals surface area contributed by atoms with Crippen molar-refractivity contribution in [1.29, 1.82) is 0 Å². The predicted octanol–water partition coefficient (Wildman–Crippen LogP) is 4.74. The summed E-state index contributed by atoms with van der Waals surface area (Å²) >= 11 is 0. The molecule has 0 radical (unpaired) electrons. The van der Waals surface area contributed by atoms with Crippen molar-refractivity contribution in [3.63, 3.8) is 0 Å². The number of anilines is 1. The molecule has 0 saturated carbocycles. The summed E-state index contributed by atoms with van der Waals surface area (Å²) in [6.07, 6.45) is 9.88. The molecule has 1 saturated heterocycles. The molecule has 0 spiro atoms. The number of fused-ring (bicyclic) bond motifs is 1. The fourth-order valence-corrected chi connectivity index (χ4v) is 4.45. The maximum Gasteiger partial charge on any atom is 0.212 e. The number of aromatic nitrogens is 6. The lowest BCUT2D eigenvalue weighted by Crippen LogP contribution is -2.24. The minimum absolute atomic E-state index is 0.306. The first-order valence-electron chi connectivity index (χ1n) is 10.8. The topological polar surface area (TPSA) is 64.1 Å². The van der Waals surface area contributed by atoms with Crippen LogP contribution in [0.4, 0.5) is 19.0 Å². The van der Waals surface area contributed by atoms with E-state index in [9.17, 15) is 13.2 Å². The summed E-state index contributed by atoms with van der Waals surface area (Å²) in [4.78, 5) is 10.5. The van der Waals surface area contributed by atoms with Crippen molar-refractivity contribution >= 4 is 11.5 Å². The second-order valence-corrected chi connectivity index (χ2v) is 8.14. The monoisotopic (exact) mass is 461 g/mol. The van der Waals surface area contributed by atoms with Crippen molar-refractivity contribution in [2.24, 2.45) is 0 Å². The fourth-order valence-electron chi connectivity index (χ4n) is 4.45. The molecule has 1 atom stereocenters. The van der Waals surface area contributed by atoms with Crippen LogP contribution in [0.1, 0.15) is 24.4 Å². The molecule has 1 aliphatic rings. The Balaban J connectivity index is 1.37. The summed E-state index contributed by atoms with van der Waals surface area (Å²) in [5.74, 6) is -0.788. The molecule has 5 aromatic rings. The van der Waals surface area contributed by atoms with Crippen LogP contribution in [0.15, 0.2) is 67.4 Å². The first-order chi connectivity index (χ1) is 16.6. The van der Waals surface area contributed by atoms with E-state index in [0.29, 0.717) is 35.7 Å². The molecule has 0 aliphatic carbocycles. The van der Waals surface area contributed by atoms with E-state index >= 15 is 0 Å². The third-order valence-electron chi connectivity index (χ3n) is 6.09. The lowest BCUT2D eigenvalue weighted by molar-refractivity contribution is 0.560. The summed E-state index contributed by atoms with van der Waals surface area (Å²) in [6.45, 7) is 0.677. The number of hydrogen-bond donors (Lipinski definition) is 0. The zero-order valence-electron chi connectivity index (χ0n) is 17.8. The standard InChI is InChI=1S/C24H18F3N7/c25-17-4-5-19(26)18(10-17)20-2-1-8-32(20)23-7-9-33-24(31-23)21(13-30-33)34-14-16(12-29-34)15-3-6-22(27)28-11-15/h3-7,9-14,20H,1-2,8H2/t20-/m0/s1. The van der Waals surface area contributed by atoms with Crippen LogP contribution < -0.4 is 4.90 Å². The van der Waals surface area contributed by atoms with Gasteiger partial charge in [0.15, 0.2) is 5.65 Å². The molecule has 170 valence electrons. The molecule has 0 unspecified atom stereocenters. The van der Waals surface area contributed by atoms with Crippen molar-refractivity contribution < 1.29 is 13.2 Å². The average Bonchev–Trinajstić information content (AvgIpc) is 3.60. The summed E-state index contributed by atoms with van der Waals surface area (Å²) in [5.41, 5.74) is 3.04. The highest BCUT2D eigenvalue weighted by Crippen LogP contribution is 2.37. The van der Waals surface area contributed by atoms with Gasteiger partial charge in [-0.15, -0.1) is 0 Å². The molecule has 7 nitrogen and oxygen atoms in total.